The van der Waals surface area contributed by atoms with E-state index in [1.807, 2.05) is 0 Å². The number of ketones is 1. The van der Waals surface area contributed by atoms with Crippen LogP contribution in [-0.2, 0) is 18.4 Å². The number of carbonyl (C=O) groups is 1. The summed E-state index contributed by atoms with van der Waals surface area (Å²) in [5, 5.41) is -0.183. The van der Waals surface area contributed by atoms with Crippen LogP contribution in [0.2, 0.25) is 0 Å². The molecule has 5 nitrogen and oxygen atoms in total. The van der Waals surface area contributed by atoms with Gasteiger partial charge in [0.1, 0.15) is 11.1 Å². The van der Waals surface area contributed by atoms with Crippen LogP contribution in [0, 0.1) is 0 Å². The van der Waals surface area contributed by atoms with E-state index in [1.54, 1.807) is 6.07 Å². The van der Waals surface area contributed by atoms with Crippen molar-refractivity contribution in [3.63, 3.8) is 0 Å². The smallest absolute Gasteiger partial charge is 0.387 e. The number of rotatable bonds is 5. The Labute approximate surface area is 126 Å². The lowest BCUT2D eigenvalue weighted by Crippen LogP contribution is -2.12. The molecule has 1 aromatic rings. The molecule has 0 saturated carbocycles. The van der Waals surface area contributed by atoms with Gasteiger partial charge in [-0.1, -0.05) is 18.2 Å². The zero-order chi connectivity index (χ0) is 16.2. The molecule has 0 aliphatic carbocycles. The molecule has 0 radical (unpaired) electrons. The van der Waals surface area contributed by atoms with E-state index in [2.05, 4.69) is 4.74 Å². The standard InChI is InChI=1S/C14H15F2O5P/c1-10(17)13(22(18)19-7-4-8-20-22)9-11-5-2-3-6-12(11)21-14(15)16/h2-3,5-6,9,14H,4,7-8H2,1H3/b13-9+. The Balaban J connectivity index is 2.43. The van der Waals surface area contributed by atoms with Crippen LogP contribution in [-0.4, -0.2) is 25.6 Å². The van der Waals surface area contributed by atoms with Crippen molar-refractivity contribution in [3.05, 3.63) is 35.1 Å². The number of carbonyl (C=O) groups excluding carboxylic acids is 1. The molecule has 1 aromatic carbocycles. The number of para-hydroxylation sites is 1. The second kappa shape index (κ2) is 7.13. The van der Waals surface area contributed by atoms with E-state index in [1.165, 1.54) is 31.2 Å². The lowest BCUT2D eigenvalue weighted by atomic mass is 10.1. The van der Waals surface area contributed by atoms with Crippen LogP contribution < -0.4 is 4.74 Å². The summed E-state index contributed by atoms with van der Waals surface area (Å²) >= 11 is 0. The third kappa shape index (κ3) is 4.00. The van der Waals surface area contributed by atoms with Crippen molar-refractivity contribution < 1.29 is 31.9 Å². The van der Waals surface area contributed by atoms with Gasteiger partial charge in [-0.05, 0) is 25.5 Å². The number of ether oxygens (including phenoxy) is 1. The van der Waals surface area contributed by atoms with E-state index in [-0.39, 0.29) is 29.8 Å². The van der Waals surface area contributed by atoms with Crippen molar-refractivity contribution in [1.29, 1.82) is 0 Å². The predicted octanol–water partition coefficient (Wildman–Crippen LogP) is 3.85. The van der Waals surface area contributed by atoms with E-state index < -0.39 is 20.0 Å². The predicted molar refractivity (Wildman–Crippen MR) is 75.9 cm³/mol. The molecule has 22 heavy (non-hydrogen) atoms. The second-order valence-corrected chi connectivity index (χ2v) is 6.51. The summed E-state index contributed by atoms with van der Waals surface area (Å²) in [5.74, 6) is -0.642. The molecule has 8 heteroatoms. The number of Topliss-reactive ketones (excluding diaryl/α,β-unsaturated/α-hetero) is 1. The summed E-state index contributed by atoms with van der Waals surface area (Å²) in [6, 6.07) is 5.89. The average Bonchev–Trinajstić information content (AvgIpc) is 2.46. The molecule has 1 aliphatic rings. The minimum absolute atomic E-state index is 0.125. The summed E-state index contributed by atoms with van der Waals surface area (Å²) in [5.41, 5.74) is 0.195. The quantitative estimate of drug-likeness (QED) is 0.605. The Kier molecular flexibility index (Phi) is 5.45. The first-order chi connectivity index (χ1) is 10.4. The lowest BCUT2D eigenvalue weighted by Gasteiger charge is -2.24. The Morgan fingerprint density at radius 2 is 1.95 bits per heavy atom. The number of hydrogen-bond donors (Lipinski definition) is 0. The highest BCUT2D eigenvalue weighted by Crippen LogP contribution is 2.58. The van der Waals surface area contributed by atoms with Crippen LogP contribution in [0.25, 0.3) is 6.08 Å². The monoisotopic (exact) mass is 332 g/mol. The van der Waals surface area contributed by atoms with Crippen molar-refractivity contribution in [2.75, 3.05) is 13.2 Å². The normalized spacial score (nSPS) is 18.3. The molecule has 0 N–H and O–H groups in total. The third-order valence-corrected chi connectivity index (χ3v) is 4.97. The Morgan fingerprint density at radius 3 is 2.55 bits per heavy atom. The maximum atomic E-state index is 12.6. The van der Waals surface area contributed by atoms with Crippen LogP contribution in [0.1, 0.15) is 18.9 Å². The van der Waals surface area contributed by atoms with Crippen molar-refractivity contribution in [2.24, 2.45) is 0 Å². The largest absolute Gasteiger partial charge is 0.434 e. The van der Waals surface area contributed by atoms with Gasteiger partial charge in [0.15, 0.2) is 5.78 Å². The summed E-state index contributed by atoms with van der Waals surface area (Å²) in [4.78, 5) is 11.8. The maximum absolute atomic E-state index is 12.6. The van der Waals surface area contributed by atoms with Gasteiger partial charge in [-0.2, -0.15) is 8.78 Å². The van der Waals surface area contributed by atoms with Crippen LogP contribution in [0.4, 0.5) is 8.78 Å². The molecule has 0 bridgehead atoms. The summed E-state index contributed by atoms with van der Waals surface area (Å²) in [7, 11) is -3.73. The molecule has 0 atom stereocenters. The third-order valence-electron chi connectivity index (χ3n) is 2.89. The molecule has 0 spiro atoms. The topological polar surface area (TPSA) is 61.8 Å². The molecular weight excluding hydrogens is 317 g/mol. The highest BCUT2D eigenvalue weighted by Gasteiger charge is 2.35. The van der Waals surface area contributed by atoms with Gasteiger partial charge in [0, 0.05) is 5.56 Å². The number of halogens is 2. The molecule has 0 aromatic heterocycles. The van der Waals surface area contributed by atoms with E-state index in [9.17, 15) is 18.1 Å². The SMILES string of the molecule is CC(=O)/C(=C\c1ccccc1OC(F)F)P1(=O)OCCCO1. The van der Waals surface area contributed by atoms with Crippen LogP contribution in [0.3, 0.4) is 0 Å². The van der Waals surface area contributed by atoms with Gasteiger partial charge in [-0.3, -0.25) is 9.36 Å². The Morgan fingerprint density at radius 1 is 1.32 bits per heavy atom. The highest BCUT2D eigenvalue weighted by atomic mass is 31.2. The fraction of sp³-hybridized carbons (Fsp3) is 0.357. The zero-order valence-electron chi connectivity index (χ0n) is 11.8. The first-order valence-corrected chi connectivity index (χ1v) is 8.13. The lowest BCUT2D eigenvalue weighted by molar-refractivity contribution is -0.113. The Bertz CT molecular complexity index is 619. The first kappa shape index (κ1) is 16.8. The second-order valence-electron chi connectivity index (χ2n) is 4.52. The van der Waals surface area contributed by atoms with Gasteiger partial charge in [0.05, 0.1) is 13.2 Å². The summed E-state index contributed by atoms with van der Waals surface area (Å²) in [6.45, 7) is -1.38. The van der Waals surface area contributed by atoms with Crippen molar-refractivity contribution in [3.8, 4) is 5.75 Å². The van der Waals surface area contributed by atoms with E-state index in [4.69, 9.17) is 9.05 Å². The number of hydrogen-bond acceptors (Lipinski definition) is 5. The van der Waals surface area contributed by atoms with Crippen LogP contribution >= 0.6 is 7.60 Å². The van der Waals surface area contributed by atoms with Crippen molar-refractivity contribution in [1.82, 2.24) is 0 Å². The van der Waals surface area contributed by atoms with E-state index in [0.717, 1.165) is 0 Å². The maximum Gasteiger partial charge on any atom is 0.387 e. The fourth-order valence-electron chi connectivity index (χ4n) is 1.93. The van der Waals surface area contributed by atoms with Gasteiger partial charge >= 0.3 is 14.2 Å². The van der Waals surface area contributed by atoms with Gasteiger partial charge in [-0.25, -0.2) is 0 Å². The fourth-order valence-corrected chi connectivity index (χ4v) is 3.70. The molecule has 2 rings (SSSR count). The van der Waals surface area contributed by atoms with Gasteiger partial charge < -0.3 is 13.8 Å². The summed E-state index contributed by atoms with van der Waals surface area (Å²) in [6.07, 6.45) is 1.78. The summed E-state index contributed by atoms with van der Waals surface area (Å²) < 4.78 is 52.1. The van der Waals surface area contributed by atoms with Crippen molar-refractivity contribution >= 4 is 19.5 Å². The highest BCUT2D eigenvalue weighted by molar-refractivity contribution is 7.60. The number of alkyl halides is 2. The van der Waals surface area contributed by atoms with Crippen LogP contribution in [0.5, 0.6) is 5.75 Å². The molecule has 1 saturated heterocycles. The minimum atomic E-state index is -3.73. The van der Waals surface area contributed by atoms with Crippen molar-refractivity contribution in [2.45, 2.75) is 20.0 Å². The molecule has 0 unspecified atom stereocenters. The average molecular weight is 332 g/mol. The first-order valence-electron chi connectivity index (χ1n) is 6.58. The number of benzene rings is 1. The van der Waals surface area contributed by atoms with Crippen LogP contribution in [0.15, 0.2) is 29.6 Å². The van der Waals surface area contributed by atoms with Gasteiger partial charge in [0.2, 0.25) is 0 Å². The number of allylic oxidation sites excluding steroid dienone is 1. The zero-order valence-corrected chi connectivity index (χ0v) is 12.7. The molecule has 1 aliphatic heterocycles. The van der Waals surface area contributed by atoms with Gasteiger partial charge in [-0.15, -0.1) is 0 Å². The van der Waals surface area contributed by atoms with E-state index >= 15 is 0 Å². The molecule has 1 fully saturated rings. The van der Waals surface area contributed by atoms with E-state index in [0.29, 0.717) is 6.42 Å². The Hall–Kier alpha value is -1.56. The molecule has 0 amide bonds. The molecule has 1 heterocycles. The molecule has 120 valence electrons. The minimum Gasteiger partial charge on any atom is -0.434 e. The van der Waals surface area contributed by atoms with Gasteiger partial charge in [0.25, 0.3) is 0 Å². The molecular formula is C14H15F2O5P.